The van der Waals surface area contributed by atoms with E-state index in [0.29, 0.717) is 5.92 Å². The maximum atomic E-state index is 5.84. The number of thiophene rings is 1. The molecular weight excluding hydrogens is 364 g/mol. The Hall–Kier alpha value is 0.580. The Kier molecular flexibility index (Phi) is 5.06. The summed E-state index contributed by atoms with van der Waals surface area (Å²) >= 11 is 8.90. The summed E-state index contributed by atoms with van der Waals surface area (Å²) in [5.74, 6) is 1.44. The van der Waals surface area contributed by atoms with E-state index in [4.69, 9.17) is 5.73 Å². The molecule has 0 aliphatic carbocycles. The van der Waals surface area contributed by atoms with Gasteiger partial charge in [0.1, 0.15) is 0 Å². The zero-order valence-corrected chi connectivity index (χ0v) is 13.9. The van der Waals surface area contributed by atoms with Crippen molar-refractivity contribution >= 4 is 43.2 Å². The SMILES string of the molecule is CC1CCN(Cc2cc(Br)c(Br)s2)CC1CN. The van der Waals surface area contributed by atoms with Crippen LogP contribution in [-0.2, 0) is 6.54 Å². The van der Waals surface area contributed by atoms with E-state index in [1.165, 1.54) is 26.1 Å². The van der Waals surface area contributed by atoms with Crippen LogP contribution in [0.5, 0.6) is 0 Å². The van der Waals surface area contributed by atoms with Gasteiger partial charge in [-0.05, 0) is 69.3 Å². The van der Waals surface area contributed by atoms with Crippen molar-refractivity contribution in [1.29, 1.82) is 0 Å². The lowest BCUT2D eigenvalue weighted by molar-refractivity contribution is 0.127. The van der Waals surface area contributed by atoms with E-state index in [0.717, 1.165) is 25.6 Å². The lowest BCUT2D eigenvalue weighted by Gasteiger charge is -2.36. The Morgan fingerprint density at radius 2 is 2.29 bits per heavy atom. The average molecular weight is 382 g/mol. The van der Waals surface area contributed by atoms with Crippen LogP contribution in [-0.4, -0.2) is 24.5 Å². The molecule has 1 aliphatic heterocycles. The van der Waals surface area contributed by atoms with Gasteiger partial charge in [-0.2, -0.15) is 0 Å². The van der Waals surface area contributed by atoms with Crippen molar-refractivity contribution in [2.75, 3.05) is 19.6 Å². The maximum Gasteiger partial charge on any atom is 0.0843 e. The predicted octanol–water partition coefficient (Wildman–Crippen LogP) is 3.69. The molecule has 1 aliphatic rings. The highest BCUT2D eigenvalue weighted by Crippen LogP contribution is 2.33. The van der Waals surface area contributed by atoms with Gasteiger partial charge in [0.25, 0.3) is 0 Å². The highest BCUT2D eigenvalue weighted by Gasteiger charge is 2.25. The van der Waals surface area contributed by atoms with Crippen LogP contribution in [0.1, 0.15) is 18.2 Å². The Bertz CT molecular complexity index is 361. The fraction of sp³-hybridized carbons (Fsp3) is 0.667. The molecule has 0 amide bonds. The lowest BCUT2D eigenvalue weighted by Crippen LogP contribution is -2.42. The van der Waals surface area contributed by atoms with Crippen molar-refractivity contribution in [3.8, 4) is 0 Å². The predicted molar refractivity (Wildman–Crippen MR) is 81.3 cm³/mol. The Balaban J connectivity index is 1.95. The molecule has 0 saturated carbocycles. The van der Waals surface area contributed by atoms with Gasteiger partial charge in [-0.3, -0.25) is 4.90 Å². The molecule has 1 fully saturated rings. The van der Waals surface area contributed by atoms with Gasteiger partial charge < -0.3 is 5.73 Å². The van der Waals surface area contributed by atoms with Gasteiger partial charge in [0.05, 0.1) is 3.79 Å². The van der Waals surface area contributed by atoms with Crippen LogP contribution in [0.2, 0.25) is 0 Å². The molecule has 1 saturated heterocycles. The summed E-state index contributed by atoms with van der Waals surface area (Å²) in [6, 6.07) is 2.21. The van der Waals surface area contributed by atoms with Crippen LogP contribution in [0.3, 0.4) is 0 Å². The quantitative estimate of drug-likeness (QED) is 0.864. The lowest BCUT2D eigenvalue weighted by atomic mass is 9.87. The second kappa shape index (κ2) is 6.15. The number of nitrogens with zero attached hydrogens (tertiary/aromatic N) is 1. The fourth-order valence-electron chi connectivity index (χ4n) is 2.36. The summed E-state index contributed by atoms with van der Waals surface area (Å²) in [6.07, 6.45) is 1.27. The molecule has 1 aromatic heterocycles. The topological polar surface area (TPSA) is 29.3 Å². The molecule has 5 heteroatoms. The number of halogens is 2. The second-order valence-corrected chi connectivity index (χ2v) is 8.14. The van der Waals surface area contributed by atoms with Gasteiger partial charge in [-0.25, -0.2) is 0 Å². The van der Waals surface area contributed by atoms with Gasteiger partial charge in [-0.15, -0.1) is 11.3 Å². The molecule has 2 unspecified atom stereocenters. The van der Waals surface area contributed by atoms with E-state index < -0.39 is 0 Å². The van der Waals surface area contributed by atoms with E-state index in [9.17, 15) is 0 Å². The van der Waals surface area contributed by atoms with Crippen molar-refractivity contribution in [2.45, 2.75) is 19.9 Å². The molecule has 2 heterocycles. The van der Waals surface area contributed by atoms with Crippen LogP contribution in [0.4, 0.5) is 0 Å². The van der Waals surface area contributed by atoms with Gasteiger partial charge in [0.2, 0.25) is 0 Å². The van der Waals surface area contributed by atoms with Gasteiger partial charge in [-0.1, -0.05) is 6.92 Å². The summed E-state index contributed by atoms with van der Waals surface area (Å²) in [5.41, 5.74) is 5.84. The molecule has 96 valence electrons. The Labute approximate surface area is 124 Å². The van der Waals surface area contributed by atoms with E-state index in [-0.39, 0.29) is 0 Å². The van der Waals surface area contributed by atoms with Crippen molar-refractivity contribution in [3.63, 3.8) is 0 Å². The van der Waals surface area contributed by atoms with Crippen LogP contribution in [0.15, 0.2) is 14.3 Å². The zero-order chi connectivity index (χ0) is 12.4. The molecular formula is C12H18Br2N2S. The smallest absolute Gasteiger partial charge is 0.0843 e. The third kappa shape index (κ3) is 3.53. The fourth-order valence-corrected chi connectivity index (χ4v) is 4.58. The molecule has 1 aromatic rings. The maximum absolute atomic E-state index is 5.84. The van der Waals surface area contributed by atoms with E-state index in [2.05, 4.69) is 49.7 Å². The molecule has 0 spiro atoms. The van der Waals surface area contributed by atoms with Gasteiger partial charge >= 0.3 is 0 Å². The van der Waals surface area contributed by atoms with E-state index in [1.54, 1.807) is 0 Å². The normalized spacial score (nSPS) is 26.4. The van der Waals surface area contributed by atoms with E-state index in [1.807, 2.05) is 11.3 Å². The highest BCUT2D eigenvalue weighted by molar-refractivity contribution is 9.13. The Morgan fingerprint density at radius 1 is 1.53 bits per heavy atom. The zero-order valence-electron chi connectivity index (χ0n) is 9.96. The third-order valence-corrected chi connectivity index (χ3v) is 6.82. The number of hydrogen-bond acceptors (Lipinski definition) is 3. The van der Waals surface area contributed by atoms with Gasteiger partial charge in [0, 0.05) is 22.4 Å². The minimum absolute atomic E-state index is 0.663. The van der Waals surface area contributed by atoms with Crippen molar-refractivity contribution in [1.82, 2.24) is 4.90 Å². The van der Waals surface area contributed by atoms with Crippen molar-refractivity contribution < 1.29 is 0 Å². The third-order valence-electron chi connectivity index (χ3n) is 3.58. The summed E-state index contributed by atoms with van der Waals surface area (Å²) in [7, 11) is 0. The monoisotopic (exact) mass is 380 g/mol. The first-order valence-electron chi connectivity index (χ1n) is 5.96. The number of hydrogen-bond donors (Lipinski definition) is 1. The van der Waals surface area contributed by atoms with Crippen molar-refractivity contribution in [3.05, 3.63) is 19.2 Å². The van der Waals surface area contributed by atoms with Crippen LogP contribution < -0.4 is 5.73 Å². The molecule has 0 aromatic carbocycles. The number of piperidine rings is 1. The van der Waals surface area contributed by atoms with Crippen LogP contribution in [0.25, 0.3) is 0 Å². The first-order chi connectivity index (χ1) is 8.10. The first-order valence-corrected chi connectivity index (χ1v) is 8.36. The van der Waals surface area contributed by atoms with Crippen molar-refractivity contribution in [2.24, 2.45) is 17.6 Å². The van der Waals surface area contributed by atoms with Crippen LogP contribution >= 0.6 is 43.2 Å². The molecule has 0 radical (unpaired) electrons. The first kappa shape index (κ1) is 14.0. The molecule has 0 bridgehead atoms. The largest absolute Gasteiger partial charge is 0.330 e. The molecule has 2 atom stereocenters. The molecule has 2 N–H and O–H groups in total. The van der Waals surface area contributed by atoms with Gasteiger partial charge in [0.15, 0.2) is 0 Å². The number of nitrogens with two attached hydrogens (primary N) is 1. The number of likely N-dealkylation sites (tertiary alicyclic amines) is 1. The summed E-state index contributed by atoms with van der Waals surface area (Å²) in [4.78, 5) is 3.94. The molecule has 2 rings (SSSR count). The second-order valence-electron chi connectivity index (χ2n) is 4.83. The van der Waals surface area contributed by atoms with Crippen LogP contribution in [0, 0.1) is 11.8 Å². The number of rotatable bonds is 3. The summed E-state index contributed by atoms with van der Waals surface area (Å²) < 4.78 is 2.35. The summed E-state index contributed by atoms with van der Waals surface area (Å²) in [5, 5.41) is 0. The summed E-state index contributed by atoms with van der Waals surface area (Å²) in [6.45, 7) is 6.54. The molecule has 2 nitrogen and oxygen atoms in total. The highest BCUT2D eigenvalue weighted by atomic mass is 79.9. The van der Waals surface area contributed by atoms with E-state index >= 15 is 0 Å². The average Bonchev–Trinajstić information content (AvgIpc) is 2.61. The minimum Gasteiger partial charge on any atom is -0.330 e. The standard InChI is InChI=1S/C12H18Br2N2S/c1-8-2-3-16(6-9(8)5-15)7-10-4-11(13)12(14)17-10/h4,8-9H,2-3,5-7,15H2,1H3. The Morgan fingerprint density at radius 3 is 2.88 bits per heavy atom. The minimum atomic E-state index is 0.663. The molecule has 17 heavy (non-hydrogen) atoms.